The zero-order valence-corrected chi connectivity index (χ0v) is 14.3. The minimum atomic E-state index is -0.331. The van der Waals surface area contributed by atoms with Gasteiger partial charge in [-0.05, 0) is 17.7 Å². The first-order chi connectivity index (χ1) is 12.0. The lowest BCUT2D eigenvalue weighted by Gasteiger charge is -2.12. The molecule has 0 unspecified atom stereocenters. The van der Waals surface area contributed by atoms with E-state index in [0.29, 0.717) is 28.3 Å². The van der Waals surface area contributed by atoms with Crippen LogP contribution in [-0.4, -0.2) is 27.9 Å². The summed E-state index contributed by atoms with van der Waals surface area (Å²) in [6, 6.07) is 8.95. The molecule has 1 amide bonds. The molecule has 0 aliphatic carbocycles. The van der Waals surface area contributed by atoms with Crippen LogP contribution in [-0.2, 0) is 16.0 Å². The fourth-order valence-electron chi connectivity index (χ4n) is 2.52. The highest BCUT2D eigenvalue weighted by Crippen LogP contribution is 2.20. The van der Waals surface area contributed by atoms with Crippen LogP contribution in [0.2, 0.25) is 5.02 Å². The molecule has 2 aromatic heterocycles. The van der Waals surface area contributed by atoms with Gasteiger partial charge in [0.1, 0.15) is 5.65 Å². The number of imidazole rings is 1. The molecule has 7 heteroatoms. The summed E-state index contributed by atoms with van der Waals surface area (Å²) in [5.41, 5.74) is 2.44. The Morgan fingerprint density at radius 2 is 2.12 bits per heavy atom. The molecule has 0 aliphatic rings. The van der Waals surface area contributed by atoms with Crippen LogP contribution in [0.5, 0.6) is 0 Å². The van der Waals surface area contributed by atoms with Crippen molar-refractivity contribution in [3.05, 3.63) is 65.1 Å². The van der Waals surface area contributed by atoms with Gasteiger partial charge in [-0.3, -0.25) is 9.59 Å². The Kier molecular flexibility index (Phi) is 5.00. The number of anilines is 1. The third-order valence-electron chi connectivity index (χ3n) is 3.64. The van der Waals surface area contributed by atoms with Crippen molar-refractivity contribution in [3.8, 4) is 0 Å². The average Bonchev–Trinajstić information content (AvgIpc) is 3.03. The maximum Gasteiger partial charge on any atom is 0.302 e. The van der Waals surface area contributed by atoms with E-state index in [-0.39, 0.29) is 18.5 Å². The van der Waals surface area contributed by atoms with Crippen molar-refractivity contribution in [2.45, 2.75) is 13.3 Å². The van der Waals surface area contributed by atoms with Crippen molar-refractivity contribution in [2.24, 2.45) is 0 Å². The number of rotatable bonds is 5. The van der Waals surface area contributed by atoms with Crippen LogP contribution in [0, 0.1) is 0 Å². The molecule has 0 atom stereocenters. The molecule has 2 heterocycles. The van der Waals surface area contributed by atoms with Gasteiger partial charge >= 0.3 is 5.97 Å². The quantitative estimate of drug-likeness (QED) is 0.711. The number of ether oxygens (including phenoxy) is 1. The molecular formula is C18H16ClN3O3. The number of nitrogens with one attached hydrogen (secondary N) is 1. The number of nitrogens with zero attached hydrogens (tertiary/aromatic N) is 2. The Bertz CT molecular complexity index is 936. The number of fused-ring (bicyclic) bond motifs is 1. The predicted molar refractivity (Wildman–Crippen MR) is 94.9 cm³/mol. The Labute approximate surface area is 149 Å². The fourth-order valence-corrected chi connectivity index (χ4v) is 2.73. The Hall–Kier alpha value is -2.86. The van der Waals surface area contributed by atoms with Crippen molar-refractivity contribution in [1.29, 1.82) is 0 Å². The first kappa shape index (κ1) is 17.0. The van der Waals surface area contributed by atoms with Crippen LogP contribution < -0.4 is 5.32 Å². The van der Waals surface area contributed by atoms with Crippen molar-refractivity contribution in [1.82, 2.24) is 9.38 Å². The molecule has 0 saturated heterocycles. The summed E-state index contributed by atoms with van der Waals surface area (Å²) in [4.78, 5) is 27.8. The van der Waals surface area contributed by atoms with Crippen molar-refractivity contribution < 1.29 is 14.3 Å². The lowest BCUT2D eigenvalue weighted by molar-refractivity contribution is -0.140. The van der Waals surface area contributed by atoms with Gasteiger partial charge in [-0.15, -0.1) is 0 Å². The van der Waals surface area contributed by atoms with Crippen LogP contribution in [0.25, 0.3) is 5.65 Å². The molecule has 0 saturated carbocycles. The second kappa shape index (κ2) is 7.36. The summed E-state index contributed by atoms with van der Waals surface area (Å²) >= 11 is 6.08. The highest BCUT2D eigenvalue weighted by atomic mass is 35.5. The number of carbonyl (C=O) groups excluding carboxylic acids is 2. The molecular weight excluding hydrogens is 342 g/mol. The molecule has 1 aromatic carbocycles. The molecule has 3 rings (SSSR count). The van der Waals surface area contributed by atoms with Gasteiger partial charge < -0.3 is 14.5 Å². The van der Waals surface area contributed by atoms with Crippen molar-refractivity contribution in [2.75, 3.05) is 11.9 Å². The second-order valence-electron chi connectivity index (χ2n) is 5.43. The highest BCUT2D eigenvalue weighted by Gasteiger charge is 2.15. The van der Waals surface area contributed by atoms with Gasteiger partial charge in [0, 0.05) is 37.6 Å². The van der Waals surface area contributed by atoms with Crippen LogP contribution >= 0.6 is 11.6 Å². The Morgan fingerprint density at radius 3 is 2.92 bits per heavy atom. The number of pyridine rings is 1. The number of esters is 1. The summed E-state index contributed by atoms with van der Waals surface area (Å²) in [5.74, 6) is -0.638. The lowest BCUT2D eigenvalue weighted by atomic mass is 10.1. The number of hydrogen-bond donors (Lipinski definition) is 1. The molecule has 25 heavy (non-hydrogen) atoms. The van der Waals surface area contributed by atoms with Crippen LogP contribution in [0.4, 0.5) is 5.69 Å². The number of hydrogen-bond acceptors (Lipinski definition) is 4. The van der Waals surface area contributed by atoms with Gasteiger partial charge in [0.25, 0.3) is 5.91 Å². The minimum absolute atomic E-state index is 0.254. The average molecular weight is 358 g/mol. The van der Waals surface area contributed by atoms with E-state index in [1.165, 1.54) is 6.92 Å². The highest BCUT2D eigenvalue weighted by molar-refractivity contribution is 6.31. The predicted octanol–water partition coefficient (Wildman–Crippen LogP) is 3.35. The molecule has 0 aliphatic heterocycles. The third kappa shape index (κ3) is 3.97. The summed E-state index contributed by atoms with van der Waals surface area (Å²) in [6.45, 7) is 1.62. The normalized spacial score (nSPS) is 10.6. The third-order valence-corrected chi connectivity index (χ3v) is 3.85. The second-order valence-corrected chi connectivity index (χ2v) is 5.87. The zero-order valence-electron chi connectivity index (χ0n) is 13.5. The van der Waals surface area contributed by atoms with E-state index in [4.69, 9.17) is 16.3 Å². The monoisotopic (exact) mass is 357 g/mol. The van der Waals surface area contributed by atoms with Gasteiger partial charge in [-0.1, -0.05) is 29.8 Å². The SMILES string of the molecule is CC(=O)OCCc1ccccc1NC(=O)c1cc(Cl)cn2ccnc12. The van der Waals surface area contributed by atoms with Gasteiger partial charge in [-0.2, -0.15) is 0 Å². The number of benzene rings is 1. The van der Waals surface area contributed by atoms with E-state index in [0.717, 1.165) is 5.56 Å². The number of para-hydroxylation sites is 1. The molecule has 0 spiro atoms. The van der Waals surface area contributed by atoms with Crippen LogP contribution in [0.1, 0.15) is 22.8 Å². The Morgan fingerprint density at radius 1 is 1.32 bits per heavy atom. The van der Waals surface area contributed by atoms with E-state index >= 15 is 0 Å². The molecule has 3 aromatic rings. The molecule has 0 fully saturated rings. The number of amides is 1. The summed E-state index contributed by atoms with van der Waals surface area (Å²) in [6.07, 6.45) is 5.53. The first-order valence-corrected chi connectivity index (χ1v) is 8.07. The smallest absolute Gasteiger partial charge is 0.302 e. The minimum Gasteiger partial charge on any atom is -0.466 e. The Balaban J connectivity index is 1.83. The zero-order chi connectivity index (χ0) is 17.8. The fraction of sp³-hybridized carbons (Fsp3) is 0.167. The first-order valence-electron chi connectivity index (χ1n) is 7.69. The van der Waals surface area contributed by atoms with E-state index in [1.807, 2.05) is 18.2 Å². The number of carbonyl (C=O) groups is 2. The van der Waals surface area contributed by atoms with Crippen molar-refractivity contribution in [3.63, 3.8) is 0 Å². The van der Waals surface area contributed by atoms with Gasteiger partial charge in [-0.25, -0.2) is 4.98 Å². The molecule has 6 nitrogen and oxygen atoms in total. The largest absolute Gasteiger partial charge is 0.466 e. The molecule has 0 bridgehead atoms. The van der Waals surface area contributed by atoms with Crippen LogP contribution in [0.15, 0.2) is 48.9 Å². The maximum atomic E-state index is 12.7. The van der Waals surface area contributed by atoms with E-state index in [9.17, 15) is 9.59 Å². The van der Waals surface area contributed by atoms with E-state index in [1.54, 1.807) is 35.1 Å². The standard InChI is InChI=1S/C18H16ClN3O3/c1-12(23)25-9-6-13-4-2-3-5-16(13)21-18(24)15-10-14(19)11-22-8-7-20-17(15)22/h2-5,7-8,10-11H,6,9H2,1H3,(H,21,24). The molecule has 1 N–H and O–H groups in total. The van der Waals surface area contributed by atoms with Gasteiger partial charge in [0.15, 0.2) is 0 Å². The van der Waals surface area contributed by atoms with Crippen molar-refractivity contribution >= 4 is 34.8 Å². The lowest BCUT2D eigenvalue weighted by Crippen LogP contribution is -2.15. The van der Waals surface area contributed by atoms with Gasteiger partial charge in [0.2, 0.25) is 0 Å². The summed E-state index contributed by atoms with van der Waals surface area (Å²) in [5, 5.41) is 3.33. The van der Waals surface area contributed by atoms with E-state index in [2.05, 4.69) is 10.3 Å². The van der Waals surface area contributed by atoms with Gasteiger partial charge in [0.05, 0.1) is 17.2 Å². The molecule has 0 radical (unpaired) electrons. The summed E-state index contributed by atoms with van der Waals surface area (Å²) < 4.78 is 6.67. The summed E-state index contributed by atoms with van der Waals surface area (Å²) in [7, 11) is 0. The maximum absolute atomic E-state index is 12.7. The van der Waals surface area contributed by atoms with E-state index < -0.39 is 0 Å². The van der Waals surface area contributed by atoms with Crippen LogP contribution in [0.3, 0.4) is 0 Å². The molecule has 128 valence electrons. The number of aromatic nitrogens is 2. The topological polar surface area (TPSA) is 72.7 Å². The number of halogens is 1.